The number of ether oxygens (including phenoxy) is 1. The summed E-state index contributed by atoms with van der Waals surface area (Å²) >= 11 is 0. The SMILES string of the molecule is Cc1ccc(N)cc1NC(=O)C(C)Oc1ccc(C(C)(C)C)cc1.Cl. The molecule has 3 N–H and O–H groups in total. The molecule has 2 aromatic carbocycles. The van der Waals surface area contributed by atoms with E-state index in [2.05, 4.69) is 26.1 Å². The van der Waals surface area contributed by atoms with Crippen molar-refractivity contribution >= 4 is 29.7 Å². The van der Waals surface area contributed by atoms with Gasteiger partial charge in [0, 0.05) is 11.4 Å². The van der Waals surface area contributed by atoms with Crippen LogP contribution in [0.15, 0.2) is 42.5 Å². The van der Waals surface area contributed by atoms with Crippen LogP contribution < -0.4 is 15.8 Å². The molecular formula is C20H27ClN2O2. The average molecular weight is 363 g/mol. The number of carbonyl (C=O) groups is 1. The summed E-state index contributed by atoms with van der Waals surface area (Å²) in [6.45, 7) is 10.1. The molecule has 0 bridgehead atoms. The number of aryl methyl sites for hydroxylation is 1. The number of nitrogens with one attached hydrogen (secondary N) is 1. The van der Waals surface area contributed by atoms with Crippen molar-refractivity contribution in [1.29, 1.82) is 0 Å². The van der Waals surface area contributed by atoms with E-state index < -0.39 is 6.10 Å². The summed E-state index contributed by atoms with van der Waals surface area (Å²) < 4.78 is 5.74. The topological polar surface area (TPSA) is 64.3 Å². The highest BCUT2D eigenvalue weighted by molar-refractivity contribution is 5.95. The van der Waals surface area contributed by atoms with Gasteiger partial charge in [0.25, 0.3) is 5.91 Å². The Morgan fingerprint density at radius 3 is 2.28 bits per heavy atom. The molecular weight excluding hydrogens is 336 g/mol. The maximum absolute atomic E-state index is 12.3. The molecule has 25 heavy (non-hydrogen) atoms. The van der Waals surface area contributed by atoms with Crippen LogP contribution in [-0.4, -0.2) is 12.0 Å². The third-order valence-electron chi connectivity index (χ3n) is 3.92. The van der Waals surface area contributed by atoms with Gasteiger partial charge in [-0.15, -0.1) is 12.4 Å². The maximum Gasteiger partial charge on any atom is 0.265 e. The minimum atomic E-state index is -0.605. The molecule has 0 saturated heterocycles. The highest BCUT2D eigenvalue weighted by Gasteiger charge is 2.17. The predicted molar refractivity (Wildman–Crippen MR) is 107 cm³/mol. The van der Waals surface area contributed by atoms with Gasteiger partial charge in [-0.3, -0.25) is 4.79 Å². The fourth-order valence-corrected chi connectivity index (χ4v) is 2.30. The van der Waals surface area contributed by atoms with Crippen LogP contribution in [0.2, 0.25) is 0 Å². The number of amides is 1. The van der Waals surface area contributed by atoms with Crippen molar-refractivity contribution in [1.82, 2.24) is 0 Å². The van der Waals surface area contributed by atoms with Gasteiger partial charge in [-0.05, 0) is 54.7 Å². The quantitative estimate of drug-likeness (QED) is 0.774. The second kappa shape index (κ2) is 8.26. The number of anilines is 2. The Kier molecular flexibility index (Phi) is 6.88. The van der Waals surface area contributed by atoms with Crippen LogP contribution in [0.1, 0.15) is 38.8 Å². The predicted octanol–water partition coefficient (Wildman–Crippen LogP) is 4.70. The molecule has 0 radical (unpaired) electrons. The molecule has 4 nitrogen and oxygen atoms in total. The normalized spacial score (nSPS) is 12.0. The third kappa shape index (κ3) is 5.68. The van der Waals surface area contributed by atoms with E-state index in [-0.39, 0.29) is 23.7 Å². The number of rotatable bonds is 4. The van der Waals surface area contributed by atoms with Gasteiger partial charge in [0.1, 0.15) is 5.75 Å². The van der Waals surface area contributed by atoms with Gasteiger partial charge >= 0.3 is 0 Å². The molecule has 0 fully saturated rings. The van der Waals surface area contributed by atoms with Gasteiger partial charge < -0.3 is 15.8 Å². The summed E-state index contributed by atoms with van der Waals surface area (Å²) in [5, 5.41) is 2.86. The van der Waals surface area contributed by atoms with E-state index >= 15 is 0 Å². The molecule has 0 saturated carbocycles. The minimum absolute atomic E-state index is 0. The summed E-state index contributed by atoms with van der Waals surface area (Å²) in [6.07, 6.45) is -0.605. The second-order valence-electron chi connectivity index (χ2n) is 7.10. The number of nitrogen functional groups attached to an aromatic ring is 1. The standard InChI is InChI=1S/C20H26N2O2.ClH/c1-13-6-9-16(21)12-18(13)22-19(23)14(2)24-17-10-7-15(8-11-17)20(3,4)5;/h6-12,14H,21H2,1-5H3,(H,22,23);1H. The Labute approximate surface area is 156 Å². The van der Waals surface area contributed by atoms with Gasteiger partial charge in [0.2, 0.25) is 0 Å². The molecule has 1 atom stereocenters. The molecule has 2 aromatic rings. The molecule has 0 aliphatic carbocycles. The summed E-state index contributed by atoms with van der Waals surface area (Å²) in [5.41, 5.74) is 9.36. The fourth-order valence-electron chi connectivity index (χ4n) is 2.30. The molecule has 0 spiro atoms. The smallest absolute Gasteiger partial charge is 0.265 e. The number of halogens is 1. The lowest BCUT2D eigenvalue weighted by Crippen LogP contribution is -2.30. The first-order chi connectivity index (χ1) is 11.2. The summed E-state index contributed by atoms with van der Waals surface area (Å²) in [6, 6.07) is 13.3. The van der Waals surface area contributed by atoms with E-state index in [1.165, 1.54) is 5.56 Å². The number of carbonyl (C=O) groups excluding carboxylic acids is 1. The Morgan fingerprint density at radius 1 is 1.12 bits per heavy atom. The van der Waals surface area contributed by atoms with Crippen molar-refractivity contribution in [3.63, 3.8) is 0 Å². The van der Waals surface area contributed by atoms with Gasteiger partial charge in [-0.25, -0.2) is 0 Å². The zero-order chi connectivity index (χ0) is 17.9. The van der Waals surface area contributed by atoms with Gasteiger partial charge in [0.05, 0.1) is 0 Å². The number of benzene rings is 2. The highest BCUT2D eigenvalue weighted by Crippen LogP contribution is 2.25. The van der Waals surface area contributed by atoms with Crippen molar-refractivity contribution in [3.05, 3.63) is 53.6 Å². The molecule has 0 aliphatic rings. The van der Waals surface area contributed by atoms with E-state index in [1.807, 2.05) is 43.3 Å². The molecule has 1 amide bonds. The van der Waals surface area contributed by atoms with E-state index in [9.17, 15) is 4.79 Å². The van der Waals surface area contributed by atoms with Crippen molar-refractivity contribution in [2.45, 2.75) is 46.1 Å². The summed E-state index contributed by atoms with van der Waals surface area (Å²) in [5.74, 6) is 0.471. The Bertz CT molecular complexity index is 721. The monoisotopic (exact) mass is 362 g/mol. The first-order valence-electron chi connectivity index (χ1n) is 8.11. The van der Waals surface area contributed by atoms with E-state index in [0.717, 1.165) is 5.56 Å². The zero-order valence-electron chi connectivity index (χ0n) is 15.4. The van der Waals surface area contributed by atoms with Crippen molar-refractivity contribution in [3.8, 4) is 5.75 Å². The maximum atomic E-state index is 12.3. The van der Waals surface area contributed by atoms with Crippen molar-refractivity contribution < 1.29 is 9.53 Å². The number of hydrogen-bond donors (Lipinski definition) is 2. The second-order valence-corrected chi connectivity index (χ2v) is 7.10. The van der Waals surface area contributed by atoms with E-state index in [1.54, 1.807) is 13.0 Å². The third-order valence-corrected chi connectivity index (χ3v) is 3.92. The number of hydrogen-bond acceptors (Lipinski definition) is 3. The van der Waals surface area contributed by atoms with Crippen LogP contribution in [-0.2, 0) is 10.2 Å². The molecule has 0 heterocycles. The lowest BCUT2D eigenvalue weighted by atomic mass is 9.87. The van der Waals surface area contributed by atoms with Gasteiger partial charge in [-0.1, -0.05) is 39.0 Å². The van der Waals surface area contributed by atoms with Gasteiger partial charge in [0.15, 0.2) is 6.10 Å². The molecule has 0 aliphatic heterocycles. The summed E-state index contributed by atoms with van der Waals surface area (Å²) in [7, 11) is 0. The van der Waals surface area contributed by atoms with E-state index in [4.69, 9.17) is 10.5 Å². The van der Waals surface area contributed by atoms with E-state index in [0.29, 0.717) is 17.1 Å². The molecule has 136 valence electrons. The Morgan fingerprint density at radius 2 is 1.72 bits per heavy atom. The van der Waals surface area contributed by atoms with Crippen molar-refractivity contribution in [2.24, 2.45) is 0 Å². The first kappa shape index (κ1) is 20.8. The number of nitrogens with two attached hydrogens (primary N) is 1. The molecule has 0 aromatic heterocycles. The van der Waals surface area contributed by atoms with Crippen molar-refractivity contribution in [2.75, 3.05) is 11.1 Å². The Hall–Kier alpha value is -2.20. The van der Waals surface area contributed by atoms with Crippen LogP contribution in [0.25, 0.3) is 0 Å². The molecule has 1 unspecified atom stereocenters. The molecule has 2 rings (SSSR count). The van der Waals surface area contributed by atoms with Crippen LogP contribution in [0, 0.1) is 6.92 Å². The van der Waals surface area contributed by atoms with Crippen LogP contribution in [0.3, 0.4) is 0 Å². The van der Waals surface area contributed by atoms with Crippen LogP contribution in [0.5, 0.6) is 5.75 Å². The Balaban J connectivity index is 0.00000312. The lowest BCUT2D eigenvalue weighted by Gasteiger charge is -2.20. The summed E-state index contributed by atoms with van der Waals surface area (Å²) in [4.78, 5) is 12.3. The molecule has 5 heteroatoms. The van der Waals surface area contributed by atoms with Crippen LogP contribution >= 0.6 is 12.4 Å². The average Bonchev–Trinajstić information content (AvgIpc) is 2.50. The minimum Gasteiger partial charge on any atom is -0.481 e. The first-order valence-corrected chi connectivity index (χ1v) is 8.11. The highest BCUT2D eigenvalue weighted by atomic mass is 35.5. The fraction of sp³-hybridized carbons (Fsp3) is 0.350. The zero-order valence-corrected chi connectivity index (χ0v) is 16.2. The largest absolute Gasteiger partial charge is 0.481 e. The lowest BCUT2D eigenvalue weighted by molar-refractivity contribution is -0.122. The van der Waals surface area contributed by atoms with Crippen LogP contribution in [0.4, 0.5) is 11.4 Å². The van der Waals surface area contributed by atoms with Gasteiger partial charge in [-0.2, -0.15) is 0 Å².